The number of fused-ring (bicyclic) bond motifs is 1. The molecule has 0 radical (unpaired) electrons. The zero-order valence-corrected chi connectivity index (χ0v) is 13.2. The maximum atomic E-state index is 4.19. The maximum absolute atomic E-state index is 4.19. The Kier molecular flexibility index (Phi) is 3.71. The van der Waals surface area contributed by atoms with Gasteiger partial charge in [-0.05, 0) is 54.4 Å². The minimum Gasteiger partial charge on any atom is -0.309 e. The van der Waals surface area contributed by atoms with Crippen LogP contribution in [0.15, 0.2) is 48.8 Å². The van der Waals surface area contributed by atoms with E-state index in [1.54, 1.807) is 0 Å². The van der Waals surface area contributed by atoms with E-state index < -0.39 is 0 Å². The van der Waals surface area contributed by atoms with Crippen LogP contribution in [0.25, 0.3) is 0 Å². The average Bonchev–Trinajstić information content (AvgIpc) is 2.94. The van der Waals surface area contributed by atoms with Gasteiger partial charge in [0.25, 0.3) is 0 Å². The summed E-state index contributed by atoms with van der Waals surface area (Å²) >= 11 is 0. The van der Waals surface area contributed by atoms with Crippen LogP contribution in [-0.4, -0.2) is 11.0 Å². The summed E-state index contributed by atoms with van der Waals surface area (Å²) in [4.78, 5) is 4.19. The lowest BCUT2D eigenvalue weighted by Crippen LogP contribution is -2.54. The molecule has 22 heavy (non-hydrogen) atoms. The van der Waals surface area contributed by atoms with Crippen molar-refractivity contribution in [3.63, 3.8) is 0 Å². The maximum Gasteiger partial charge on any atom is 0.0300 e. The number of hydrogen-bond donors (Lipinski definition) is 1. The fourth-order valence-corrected chi connectivity index (χ4v) is 4.63. The Labute approximate surface area is 133 Å². The highest BCUT2D eigenvalue weighted by Crippen LogP contribution is 2.55. The highest BCUT2D eigenvalue weighted by Gasteiger charge is 2.52. The molecule has 0 saturated heterocycles. The van der Waals surface area contributed by atoms with Crippen LogP contribution in [-0.2, 0) is 6.54 Å². The van der Waals surface area contributed by atoms with E-state index in [-0.39, 0.29) is 0 Å². The van der Waals surface area contributed by atoms with Crippen LogP contribution in [0.1, 0.15) is 41.9 Å². The molecule has 1 aromatic heterocycles. The molecule has 2 aliphatic carbocycles. The molecule has 0 amide bonds. The molecule has 4 atom stereocenters. The molecule has 2 nitrogen and oxygen atoms in total. The highest BCUT2D eigenvalue weighted by molar-refractivity contribution is 5.29. The van der Waals surface area contributed by atoms with Crippen molar-refractivity contribution in [2.24, 2.45) is 11.8 Å². The van der Waals surface area contributed by atoms with Gasteiger partial charge in [-0.2, -0.15) is 0 Å². The predicted octanol–water partition coefficient (Wildman–Crippen LogP) is 4.06. The van der Waals surface area contributed by atoms with E-state index in [2.05, 4.69) is 53.6 Å². The van der Waals surface area contributed by atoms with Gasteiger partial charge in [-0.3, -0.25) is 4.98 Å². The number of nitrogens with one attached hydrogen (secondary N) is 1. The molecular formula is C20H24N2. The lowest BCUT2D eigenvalue weighted by atomic mass is 9.60. The van der Waals surface area contributed by atoms with Crippen molar-refractivity contribution in [3.05, 3.63) is 65.5 Å². The molecule has 114 valence electrons. The molecular weight excluding hydrogens is 268 g/mol. The summed E-state index contributed by atoms with van der Waals surface area (Å²) in [6.45, 7) is 3.11. The van der Waals surface area contributed by atoms with Gasteiger partial charge in [-0.1, -0.05) is 36.8 Å². The largest absolute Gasteiger partial charge is 0.309 e. The lowest BCUT2D eigenvalue weighted by Gasteiger charge is -2.50. The second-order valence-electron chi connectivity index (χ2n) is 6.90. The summed E-state index contributed by atoms with van der Waals surface area (Å²) in [5.74, 6) is 2.49. The first kappa shape index (κ1) is 14.0. The van der Waals surface area contributed by atoms with E-state index in [0.717, 1.165) is 18.4 Å². The molecule has 4 rings (SSSR count). The Bertz CT molecular complexity index is 637. The van der Waals surface area contributed by atoms with Crippen molar-refractivity contribution in [3.8, 4) is 0 Å². The van der Waals surface area contributed by atoms with E-state index in [9.17, 15) is 0 Å². The van der Waals surface area contributed by atoms with Gasteiger partial charge in [0.1, 0.15) is 0 Å². The molecule has 1 aromatic carbocycles. The number of benzene rings is 1. The van der Waals surface area contributed by atoms with Crippen LogP contribution in [0.3, 0.4) is 0 Å². The molecule has 1 N–H and O–H groups in total. The van der Waals surface area contributed by atoms with E-state index in [1.807, 2.05) is 12.4 Å². The van der Waals surface area contributed by atoms with Crippen molar-refractivity contribution in [1.29, 1.82) is 0 Å². The van der Waals surface area contributed by atoms with Crippen LogP contribution in [0, 0.1) is 18.8 Å². The van der Waals surface area contributed by atoms with Crippen molar-refractivity contribution in [2.75, 3.05) is 0 Å². The van der Waals surface area contributed by atoms with Crippen LogP contribution in [0.2, 0.25) is 0 Å². The number of hydrogen-bond acceptors (Lipinski definition) is 2. The Balaban J connectivity index is 1.51. The first-order valence-electron chi connectivity index (χ1n) is 8.52. The fraction of sp³-hybridized carbons (Fsp3) is 0.450. The zero-order valence-electron chi connectivity index (χ0n) is 13.2. The minimum atomic E-state index is 0.641. The van der Waals surface area contributed by atoms with Gasteiger partial charge < -0.3 is 5.32 Å². The SMILES string of the molecule is Cc1cnccc1CN[C@@H]1[C@H]2CCC[C@H]2[C@H]1c1ccccc1. The molecule has 0 bridgehead atoms. The monoisotopic (exact) mass is 292 g/mol. The van der Waals surface area contributed by atoms with Crippen molar-refractivity contribution in [2.45, 2.75) is 44.7 Å². The Morgan fingerprint density at radius 1 is 1.09 bits per heavy atom. The Morgan fingerprint density at radius 3 is 2.73 bits per heavy atom. The highest BCUT2D eigenvalue weighted by atomic mass is 15.0. The van der Waals surface area contributed by atoms with E-state index in [1.165, 1.54) is 36.0 Å². The van der Waals surface area contributed by atoms with Crippen molar-refractivity contribution in [1.82, 2.24) is 10.3 Å². The van der Waals surface area contributed by atoms with Gasteiger partial charge in [0.2, 0.25) is 0 Å². The van der Waals surface area contributed by atoms with Gasteiger partial charge >= 0.3 is 0 Å². The molecule has 2 aromatic rings. The Hall–Kier alpha value is -1.67. The molecule has 2 fully saturated rings. The van der Waals surface area contributed by atoms with Gasteiger partial charge in [-0.15, -0.1) is 0 Å². The first-order valence-corrected chi connectivity index (χ1v) is 8.52. The third-order valence-electron chi connectivity index (χ3n) is 5.78. The number of rotatable bonds is 4. The molecule has 2 saturated carbocycles. The normalized spacial score (nSPS) is 29.9. The summed E-state index contributed by atoms with van der Waals surface area (Å²) in [7, 11) is 0. The molecule has 0 unspecified atom stereocenters. The summed E-state index contributed by atoms with van der Waals surface area (Å²) in [5, 5.41) is 3.87. The molecule has 1 heterocycles. The average molecular weight is 292 g/mol. The predicted molar refractivity (Wildman–Crippen MR) is 89.6 cm³/mol. The zero-order chi connectivity index (χ0) is 14.9. The van der Waals surface area contributed by atoms with E-state index in [0.29, 0.717) is 12.0 Å². The van der Waals surface area contributed by atoms with Gasteiger partial charge in [0.05, 0.1) is 0 Å². The number of aromatic nitrogens is 1. The first-order chi connectivity index (χ1) is 10.8. The van der Waals surface area contributed by atoms with Crippen molar-refractivity contribution >= 4 is 0 Å². The lowest BCUT2D eigenvalue weighted by molar-refractivity contribution is 0.0940. The quantitative estimate of drug-likeness (QED) is 0.919. The smallest absolute Gasteiger partial charge is 0.0300 e. The number of nitrogens with zero attached hydrogens (tertiary/aromatic N) is 1. The van der Waals surface area contributed by atoms with Gasteiger partial charge in [0, 0.05) is 30.9 Å². The molecule has 2 heteroatoms. The molecule has 2 aliphatic rings. The van der Waals surface area contributed by atoms with Crippen molar-refractivity contribution < 1.29 is 0 Å². The summed E-state index contributed by atoms with van der Waals surface area (Å²) in [6.07, 6.45) is 8.09. The topological polar surface area (TPSA) is 24.9 Å². The second-order valence-corrected chi connectivity index (χ2v) is 6.90. The van der Waals surface area contributed by atoms with E-state index >= 15 is 0 Å². The van der Waals surface area contributed by atoms with Gasteiger partial charge in [-0.25, -0.2) is 0 Å². The van der Waals surface area contributed by atoms with Crippen LogP contribution >= 0.6 is 0 Å². The van der Waals surface area contributed by atoms with Gasteiger partial charge in [0.15, 0.2) is 0 Å². The van der Waals surface area contributed by atoms with E-state index in [4.69, 9.17) is 0 Å². The fourth-order valence-electron chi connectivity index (χ4n) is 4.63. The standard InChI is InChI=1S/C20H24N2/c1-14-12-21-11-10-16(14)13-22-20-18-9-5-8-17(18)19(20)15-6-3-2-4-7-15/h2-4,6-7,10-12,17-20,22H,5,8-9,13H2,1H3/t17-,18+,19-,20-/m1/s1. The van der Waals surface area contributed by atoms with Crippen LogP contribution in [0.5, 0.6) is 0 Å². The summed E-state index contributed by atoms with van der Waals surface area (Å²) in [5.41, 5.74) is 4.19. The molecule has 0 aliphatic heterocycles. The van der Waals surface area contributed by atoms with Crippen LogP contribution in [0.4, 0.5) is 0 Å². The molecule has 0 spiro atoms. The number of aryl methyl sites for hydroxylation is 1. The van der Waals surface area contributed by atoms with Crippen LogP contribution < -0.4 is 5.32 Å². The second kappa shape index (κ2) is 5.85. The minimum absolute atomic E-state index is 0.641. The Morgan fingerprint density at radius 2 is 1.91 bits per heavy atom. The third-order valence-corrected chi connectivity index (χ3v) is 5.78. The number of pyridine rings is 1. The summed E-state index contributed by atoms with van der Waals surface area (Å²) in [6, 6.07) is 13.9. The third kappa shape index (κ3) is 2.36. The summed E-state index contributed by atoms with van der Waals surface area (Å²) < 4.78 is 0.